The molecule has 0 aliphatic carbocycles. The van der Waals surface area contributed by atoms with Gasteiger partial charge in [0.25, 0.3) is 5.72 Å². The van der Waals surface area contributed by atoms with E-state index in [1.165, 1.54) is 0 Å². The van der Waals surface area contributed by atoms with Crippen molar-refractivity contribution in [3.05, 3.63) is 29.8 Å². The Hall–Kier alpha value is -1.63. The molecular formula is C15H19ClN2O4. The number of ketones is 1. The van der Waals surface area contributed by atoms with Crippen LogP contribution in [0.2, 0.25) is 0 Å². The highest BCUT2D eigenvalue weighted by molar-refractivity contribution is 6.03. The van der Waals surface area contributed by atoms with Gasteiger partial charge in [-0.05, 0) is 19.2 Å². The lowest BCUT2D eigenvalue weighted by molar-refractivity contribution is -0.180. The third kappa shape index (κ3) is 2.69. The second-order valence-corrected chi connectivity index (χ2v) is 5.58. The molecule has 1 atom stereocenters. The largest absolute Gasteiger partial charge is 0.477 e. The molecule has 1 aromatic carbocycles. The second-order valence-electron chi connectivity index (χ2n) is 5.58. The third-order valence-electron chi connectivity index (χ3n) is 4.21. The predicted octanol–water partition coefficient (Wildman–Crippen LogP) is 1.10. The number of carboxylic acid groups (broad SMARTS) is 1. The van der Waals surface area contributed by atoms with E-state index in [1.807, 2.05) is 7.05 Å². The van der Waals surface area contributed by atoms with Crippen LogP contribution >= 0.6 is 12.4 Å². The van der Waals surface area contributed by atoms with Crippen molar-refractivity contribution in [1.29, 1.82) is 0 Å². The molecule has 2 aliphatic rings. The van der Waals surface area contributed by atoms with Crippen molar-refractivity contribution in [3.8, 4) is 5.75 Å². The van der Waals surface area contributed by atoms with Crippen molar-refractivity contribution in [1.82, 2.24) is 9.80 Å². The van der Waals surface area contributed by atoms with Crippen LogP contribution < -0.4 is 4.74 Å². The number of benzene rings is 1. The number of nitrogens with zero attached hydrogens (tertiary/aromatic N) is 2. The van der Waals surface area contributed by atoms with Crippen LogP contribution in [0.5, 0.6) is 5.75 Å². The number of carbonyl (C=O) groups excluding carboxylic acids is 1. The number of carboxylic acids is 1. The molecule has 1 saturated heterocycles. The van der Waals surface area contributed by atoms with Gasteiger partial charge >= 0.3 is 5.97 Å². The number of hydrogen-bond acceptors (Lipinski definition) is 5. The first-order valence-corrected chi connectivity index (χ1v) is 7.01. The summed E-state index contributed by atoms with van der Waals surface area (Å²) in [7, 11) is 1.99. The molecule has 1 N–H and O–H groups in total. The van der Waals surface area contributed by atoms with Gasteiger partial charge in [-0.3, -0.25) is 9.69 Å². The van der Waals surface area contributed by atoms with Crippen molar-refractivity contribution in [3.63, 3.8) is 0 Å². The van der Waals surface area contributed by atoms with Gasteiger partial charge in [-0.2, -0.15) is 0 Å². The lowest BCUT2D eigenvalue weighted by atomic mass is 9.94. The van der Waals surface area contributed by atoms with Gasteiger partial charge < -0.3 is 14.7 Å². The molecule has 1 fully saturated rings. The summed E-state index contributed by atoms with van der Waals surface area (Å²) in [6.07, 6.45) is -0.150. The average molecular weight is 327 g/mol. The molecule has 3 rings (SSSR count). The molecular weight excluding hydrogens is 308 g/mol. The van der Waals surface area contributed by atoms with E-state index in [1.54, 1.807) is 29.2 Å². The van der Waals surface area contributed by atoms with Gasteiger partial charge in [0.2, 0.25) is 0 Å². The van der Waals surface area contributed by atoms with Gasteiger partial charge in [0.05, 0.1) is 12.0 Å². The SMILES string of the molecule is CN1CCN(C2(C(=O)O)CC(=O)c3ccccc3O2)CC1.Cl. The third-order valence-corrected chi connectivity index (χ3v) is 4.21. The van der Waals surface area contributed by atoms with Crippen LogP contribution in [0.15, 0.2) is 24.3 Å². The van der Waals surface area contributed by atoms with Crippen LogP contribution in [0, 0.1) is 0 Å². The lowest BCUT2D eigenvalue weighted by Gasteiger charge is -2.45. The second kappa shape index (κ2) is 6.24. The summed E-state index contributed by atoms with van der Waals surface area (Å²) in [5.74, 6) is -0.928. The summed E-state index contributed by atoms with van der Waals surface area (Å²) >= 11 is 0. The summed E-state index contributed by atoms with van der Waals surface area (Å²) < 4.78 is 5.81. The van der Waals surface area contributed by atoms with E-state index in [9.17, 15) is 14.7 Å². The van der Waals surface area contributed by atoms with Crippen LogP contribution in [0.3, 0.4) is 0 Å². The molecule has 0 aromatic heterocycles. The zero-order chi connectivity index (χ0) is 15.0. The standard InChI is InChI=1S/C15H18N2O4.ClH/c1-16-6-8-17(9-7-16)15(14(19)20)10-12(18)11-4-2-3-5-13(11)21-15;/h2-5H,6-10H2,1H3,(H,19,20);1H. The van der Waals surface area contributed by atoms with E-state index < -0.39 is 11.7 Å². The fourth-order valence-corrected chi connectivity index (χ4v) is 2.92. The van der Waals surface area contributed by atoms with E-state index in [0.717, 1.165) is 13.1 Å². The van der Waals surface area contributed by atoms with Gasteiger partial charge in [-0.1, -0.05) is 12.1 Å². The fourth-order valence-electron chi connectivity index (χ4n) is 2.92. The molecule has 120 valence electrons. The Kier molecular flexibility index (Phi) is 4.75. The van der Waals surface area contributed by atoms with E-state index in [-0.39, 0.29) is 24.6 Å². The van der Waals surface area contributed by atoms with Gasteiger partial charge in [-0.25, -0.2) is 4.79 Å². The van der Waals surface area contributed by atoms with Crippen LogP contribution in [-0.2, 0) is 4.79 Å². The molecule has 2 aliphatic heterocycles. The Morgan fingerprint density at radius 3 is 2.50 bits per heavy atom. The number of para-hydroxylation sites is 1. The predicted molar refractivity (Wildman–Crippen MR) is 82.7 cm³/mol. The van der Waals surface area contributed by atoms with E-state index >= 15 is 0 Å². The molecule has 0 bridgehead atoms. The van der Waals surface area contributed by atoms with Crippen molar-refractivity contribution in [2.45, 2.75) is 12.1 Å². The first kappa shape index (κ1) is 16.7. The number of ether oxygens (including phenoxy) is 1. The lowest BCUT2D eigenvalue weighted by Crippen LogP contribution is -2.65. The highest BCUT2D eigenvalue weighted by atomic mass is 35.5. The average Bonchev–Trinajstić information content (AvgIpc) is 2.47. The number of halogens is 1. The number of likely N-dealkylation sites (N-methyl/N-ethyl adjacent to an activating group) is 1. The molecule has 7 heteroatoms. The number of carbonyl (C=O) groups is 2. The maximum Gasteiger partial charge on any atom is 0.364 e. The van der Waals surface area contributed by atoms with Crippen LogP contribution in [0.1, 0.15) is 16.8 Å². The first-order chi connectivity index (χ1) is 10.0. The molecule has 6 nitrogen and oxygen atoms in total. The Bertz CT molecular complexity index is 587. The van der Waals surface area contributed by atoms with Crippen LogP contribution in [0.25, 0.3) is 0 Å². The summed E-state index contributed by atoms with van der Waals surface area (Å²) in [5, 5.41) is 9.72. The summed E-state index contributed by atoms with van der Waals surface area (Å²) in [6, 6.07) is 6.82. The van der Waals surface area contributed by atoms with Gasteiger partial charge in [0.15, 0.2) is 5.78 Å². The molecule has 0 spiro atoms. The van der Waals surface area contributed by atoms with E-state index in [4.69, 9.17) is 4.74 Å². The van der Waals surface area contributed by atoms with Crippen molar-refractivity contribution in [2.75, 3.05) is 33.2 Å². The molecule has 2 heterocycles. The van der Waals surface area contributed by atoms with Crippen LogP contribution in [-0.4, -0.2) is 65.6 Å². The Labute approximate surface area is 135 Å². The Morgan fingerprint density at radius 1 is 1.23 bits per heavy atom. The molecule has 0 radical (unpaired) electrons. The maximum atomic E-state index is 12.3. The number of fused-ring (bicyclic) bond motifs is 1. The quantitative estimate of drug-likeness (QED) is 0.877. The number of aliphatic carboxylic acids is 1. The normalized spacial score (nSPS) is 25.8. The van der Waals surface area contributed by atoms with Gasteiger partial charge in [0, 0.05) is 26.2 Å². The zero-order valence-corrected chi connectivity index (χ0v) is 13.1. The van der Waals surface area contributed by atoms with E-state index in [0.29, 0.717) is 24.4 Å². The minimum Gasteiger partial charge on any atom is -0.477 e. The fraction of sp³-hybridized carbons (Fsp3) is 0.467. The zero-order valence-electron chi connectivity index (χ0n) is 12.3. The van der Waals surface area contributed by atoms with Crippen molar-refractivity contribution < 1.29 is 19.4 Å². The Morgan fingerprint density at radius 2 is 1.86 bits per heavy atom. The maximum absolute atomic E-state index is 12.3. The highest BCUT2D eigenvalue weighted by Gasteiger charge is 2.52. The minimum absolute atomic E-state index is 0. The summed E-state index contributed by atoms with van der Waals surface area (Å²) in [4.78, 5) is 28.1. The topological polar surface area (TPSA) is 70.1 Å². The van der Waals surface area contributed by atoms with Crippen molar-refractivity contribution >= 4 is 24.2 Å². The monoisotopic (exact) mass is 326 g/mol. The first-order valence-electron chi connectivity index (χ1n) is 7.01. The number of hydrogen-bond donors (Lipinski definition) is 1. The summed E-state index contributed by atoms with van der Waals surface area (Å²) in [5.41, 5.74) is -1.12. The van der Waals surface area contributed by atoms with Gasteiger partial charge in [-0.15, -0.1) is 12.4 Å². The molecule has 0 saturated carbocycles. The summed E-state index contributed by atoms with van der Waals surface area (Å²) in [6.45, 7) is 2.65. The molecule has 22 heavy (non-hydrogen) atoms. The molecule has 1 aromatic rings. The minimum atomic E-state index is -1.58. The van der Waals surface area contributed by atoms with Gasteiger partial charge in [0.1, 0.15) is 5.75 Å². The van der Waals surface area contributed by atoms with Crippen molar-refractivity contribution in [2.24, 2.45) is 0 Å². The molecule has 0 amide bonds. The Balaban J connectivity index is 0.00000176. The number of piperazine rings is 1. The highest BCUT2D eigenvalue weighted by Crippen LogP contribution is 2.36. The molecule has 1 unspecified atom stereocenters. The van der Waals surface area contributed by atoms with E-state index in [2.05, 4.69) is 4.90 Å². The number of Topliss-reactive ketones (excluding diaryl/α,β-unsaturated/α-hetero) is 1. The van der Waals surface area contributed by atoms with Crippen LogP contribution in [0.4, 0.5) is 0 Å². The number of rotatable bonds is 2. The smallest absolute Gasteiger partial charge is 0.364 e.